The molecular weight excluding hydrogens is 496 g/mol. The highest BCUT2D eigenvalue weighted by atomic mass is 16.5. The van der Waals surface area contributed by atoms with Gasteiger partial charge in [-0.2, -0.15) is 0 Å². The van der Waals surface area contributed by atoms with Crippen LogP contribution in [0.1, 0.15) is 27.0 Å². The lowest BCUT2D eigenvalue weighted by Crippen LogP contribution is -2.38. The molecule has 9 heteroatoms. The number of carbonyl (C=O) groups excluding carboxylic acids is 4. The number of benzene rings is 3. The van der Waals surface area contributed by atoms with E-state index in [2.05, 4.69) is 10.6 Å². The van der Waals surface area contributed by atoms with Crippen LogP contribution in [0.4, 0.5) is 10.5 Å². The van der Waals surface area contributed by atoms with Gasteiger partial charge in [0.2, 0.25) is 5.91 Å². The lowest BCUT2D eigenvalue weighted by atomic mass is 10.1. The fourth-order valence-electron chi connectivity index (χ4n) is 4.57. The normalized spacial score (nSPS) is 14.1. The molecule has 0 spiro atoms. The second-order valence-electron chi connectivity index (χ2n) is 9.22. The van der Waals surface area contributed by atoms with Crippen molar-refractivity contribution >= 4 is 46.5 Å². The molecule has 0 aliphatic carbocycles. The number of aryl methyl sites for hydroxylation is 1. The summed E-state index contributed by atoms with van der Waals surface area (Å²) < 4.78 is 6.83. The summed E-state index contributed by atoms with van der Waals surface area (Å²) >= 11 is 0. The van der Waals surface area contributed by atoms with Gasteiger partial charge in [-0.05, 0) is 54.5 Å². The topological polar surface area (TPSA) is 110 Å². The third-order valence-corrected chi connectivity index (χ3v) is 6.39. The largest absolute Gasteiger partial charge is 0.465 e. The number of carbonyl (C=O) groups is 4. The molecule has 2 heterocycles. The Balaban J connectivity index is 1.38. The minimum Gasteiger partial charge on any atom is -0.465 e. The predicted molar refractivity (Wildman–Crippen MR) is 147 cm³/mol. The Kier molecular flexibility index (Phi) is 6.96. The van der Waals surface area contributed by atoms with Crippen LogP contribution in [0.15, 0.2) is 84.7 Å². The van der Waals surface area contributed by atoms with Gasteiger partial charge in [-0.25, -0.2) is 14.5 Å². The van der Waals surface area contributed by atoms with Gasteiger partial charge in [0.05, 0.1) is 12.7 Å². The van der Waals surface area contributed by atoms with Crippen LogP contribution in [0.25, 0.3) is 17.0 Å². The van der Waals surface area contributed by atoms with E-state index in [-0.39, 0.29) is 5.70 Å². The van der Waals surface area contributed by atoms with Crippen molar-refractivity contribution in [2.75, 3.05) is 19.0 Å². The van der Waals surface area contributed by atoms with E-state index in [1.54, 1.807) is 36.4 Å². The standard InChI is InChI=1S/C30H26N4O5/c1-19-7-5-10-23(13-19)31-27(35)18-34-28(36)25(32-30(34)38)15-22-17-33(26-12-4-3-11-24(22)26)16-20-8-6-9-21(14-20)29(37)39-2/h3-15,17H,16,18H2,1-2H3,(H,31,35)(H,32,38)/b25-15-. The molecule has 0 saturated carbocycles. The van der Waals surface area contributed by atoms with Crippen LogP contribution in [-0.2, 0) is 20.9 Å². The van der Waals surface area contributed by atoms with Gasteiger partial charge in [-0.15, -0.1) is 0 Å². The first-order chi connectivity index (χ1) is 18.8. The van der Waals surface area contributed by atoms with Crippen molar-refractivity contribution in [3.63, 3.8) is 0 Å². The molecule has 4 amide bonds. The number of nitrogens with zero attached hydrogens (tertiary/aromatic N) is 2. The highest BCUT2D eigenvalue weighted by Gasteiger charge is 2.35. The average Bonchev–Trinajstić information content (AvgIpc) is 3.40. The van der Waals surface area contributed by atoms with Crippen LogP contribution in [-0.4, -0.2) is 46.9 Å². The fourth-order valence-corrected chi connectivity index (χ4v) is 4.57. The zero-order chi connectivity index (χ0) is 27.5. The predicted octanol–water partition coefficient (Wildman–Crippen LogP) is 4.32. The summed E-state index contributed by atoms with van der Waals surface area (Å²) in [6, 6.07) is 21.5. The maximum atomic E-state index is 13.1. The number of urea groups is 1. The smallest absolute Gasteiger partial charge is 0.337 e. The van der Waals surface area contributed by atoms with E-state index in [4.69, 9.17) is 4.74 Å². The number of anilines is 1. The van der Waals surface area contributed by atoms with Crippen molar-refractivity contribution < 1.29 is 23.9 Å². The second-order valence-corrected chi connectivity index (χ2v) is 9.22. The Morgan fingerprint density at radius 1 is 1.00 bits per heavy atom. The number of aromatic nitrogens is 1. The van der Waals surface area contributed by atoms with Crippen LogP contribution >= 0.6 is 0 Å². The third kappa shape index (κ3) is 5.42. The van der Waals surface area contributed by atoms with Crippen molar-refractivity contribution in [3.8, 4) is 0 Å². The molecule has 2 N–H and O–H groups in total. The van der Waals surface area contributed by atoms with Crippen LogP contribution in [0, 0.1) is 6.92 Å². The first kappa shape index (κ1) is 25.5. The lowest BCUT2D eigenvalue weighted by Gasteiger charge is -2.12. The molecule has 3 aromatic carbocycles. The molecule has 0 atom stereocenters. The maximum Gasteiger partial charge on any atom is 0.337 e. The number of rotatable bonds is 7. The molecule has 1 aromatic heterocycles. The number of para-hydroxylation sites is 1. The van der Waals surface area contributed by atoms with Crippen molar-refractivity contribution in [1.29, 1.82) is 0 Å². The van der Waals surface area contributed by atoms with Crippen LogP contribution in [0.3, 0.4) is 0 Å². The summed E-state index contributed by atoms with van der Waals surface area (Å²) in [4.78, 5) is 51.0. The van der Waals surface area contributed by atoms with Crippen molar-refractivity contribution in [3.05, 3.63) is 107 Å². The van der Waals surface area contributed by atoms with E-state index in [0.717, 1.165) is 32.5 Å². The van der Waals surface area contributed by atoms with Gasteiger partial charge in [0.15, 0.2) is 0 Å². The van der Waals surface area contributed by atoms with Crippen molar-refractivity contribution in [1.82, 2.24) is 14.8 Å². The lowest BCUT2D eigenvalue weighted by molar-refractivity contribution is -0.127. The number of hydrogen-bond acceptors (Lipinski definition) is 5. The molecule has 1 saturated heterocycles. The van der Waals surface area contributed by atoms with E-state index >= 15 is 0 Å². The molecule has 0 bridgehead atoms. The highest BCUT2D eigenvalue weighted by molar-refractivity contribution is 6.16. The van der Waals surface area contributed by atoms with Gasteiger partial charge in [0.1, 0.15) is 12.2 Å². The van der Waals surface area contributed by atoms with Crippen molar-refractivity contribution in [2.45, 2.75) is 13.5 Å². The van der Waals surface area contributed by atoms with E-state index in [1.807, 2.05) is 60.2 Å². The zero-order valence-electron chi connectivity index (χ0n) is 21.4. The third-order valence-electron chi connectivity index (χ3n) is 6.39. The molecule has 0 radical (unpaired) electrons. The van der Waals surface area contributed by atoms with E-state index in [9.17, 15) is 19.2 Å². The number of fused-ring (bicyclic) bond motifs is 1. The van der Waals surface area contributed by atoms with Gasteiger partial charge in [-0.3, -0.25) is 9.59 Å². The summed E-state index contributed by atoms with van der Waals surface area (Å²) in [5.74, 6) is -1.47. The Bertz CT molecular complexity index is 1650. The summed E-state index contributed by atoms with van der Waals surface area (Å²) in [5, 5.41) is 6.19. The number of esters is 1. The van der Waals surface area contributed by atoms with Gasteiger partial charge in [0, 0.05) is 34.9 Å². The maximum absolute atomic E-state index is 13.1. The highest BCUT2D eigenvalue weighted by Crippen LogP contribution is 2.26. The van der Waals surface area contributed by atoms with E-state index in [0.29, 0.717) is 17.8 Å². The first-order valence-corrected chi connectivity index (χ1v) is 12.3. The van der Waals surface area contributed by atoms with Gasteiger partial charge in [0.25, 0.3) is 5.91 Å². The molecule has 5 rings (SSSR count). The van der Waals surface area contributed by atoms with Gasteiger partial charge >= 0.3 is 12.0 Å². The number of nitrogens with one attached hydrogen (secondary N) is 2. The molecule has 9 nitrogen and oxygen atoms in total. The Morgan fingerprint density at radius 2 is 1.79 bits per heavy atom. The monoisotopic (exact) mass is 522 g/mol. The molecule has 1 aliphatic rings. The molecule has 0 unspecified atom stereocenters. The minimum absolute atomic E-state index is 0.0824. The van der Waals surface area contributed by atoms with Crippen LogP contribution in [0.5, 0.6) is 0 Å². The number of hydrogen-bond donors (Lipinski definition) is 2. The Hall–Kier alpha value is -5.18. The number of imide groups is 1. The fraction of sp³-hybridized carbons (Fsp3) is 0.133. The Morgan fingerprint density at radius 3 is 2.59 bits per heavy atom. The van der Waals surface area contributed by atoms with Crippen molar-refractivity contribution in [2.24, 2.45) is 0 Å². The van der Waals surface area contributed by atoms with E-state index < -0.39 is 30.4 Å². The molecule has 39 heavy (non-hydrogen) atoms. The van der Waals surface area contributed by atoms with E-state index in [1.165, 1.54) is 7.11 Å². The summed E-state index contributed by atoms with van der Waals surface area (Å²) in [6.07, 6.45) is 3.50. The zero-order valence-corrected chi connectivity index (χ0v) is 21.4. The molecule has 1 fully saturated rings. The Labute approximate surface area is 224 Å². The van der Waals surface area contributed by atoms with Gasteiger partial charge < -0.3 is 19.9 Å². The first-order valence-electron chi connectivity index (χ1n) is 12.3. The summed E-state index contributed by atoms with van der Waals surface area (Å²) in [5.41, 5.74) is 4.65. The summed E-state index contributed by atoms with van der Waals surface area (Å²) in [7, 11) is 1.34. The number of amides is 4. The number of ether oxygens (including phenoxy) is 1. The molecular formula is C30H26N4O5. The number of methoxy groups -OCH3 is 1. The van der Waals surface area contributed by atoms with Crippen LogP contribution in [0.2, 0.25) is 0 Å². The van der Waals surface area contributed by atoms with Gasteiger partial charge in [-0.1, -0.05) is 42.5 Å². The molecule has 4 aromatic rings. The SMILES string of the molecule is COC(=O)c1cccc(Cn2cc(/C=C3\NC(=O)N(CC(=O)Nc4cccc(C)c4)C3=O)c3ccccc32)c1. The quantitative estimate of drug-likeness (QED) is 0.214. The molecule has 196 valence electrons. The second kappa shape index (κ2) is 10.7. The summed E-state index contributed by atoms with van der Waals surface area (Å²) in [6.45, 7) is 1.97. The minimum atomic E-state index is -0.658. The van der Waals surface area contributed by atoms with Crippen LogP contribution < -0.4 is 10.6 Å². The molecule has 1 aliphatic heterocycles. The average molecular weight is 523 g/mol.